The lowest BCUT2D eigenvalue weighted by atomic mass is 9.53. The molecule has 0 aliphatic heterocycles. The van der Waals surface area contributed by atoms with Crippen LogP contribution in [0.25, 0.3) is 0 Å². The van der Waals surface area contributed by atoms with Crippen molar-refractivity contribution in [1.82, 2.24) is 5.32 Å². The Labute approximate surface area is 176 Å². The molecule has 1 heterocycles. The monoisotopic (exact) mass is 407 g/mol. The second-order valence-corrected chi connectivity index (χ2v) is 11.0. The summed E-state index contributed by atoms with van der Waals surface area (Å²) in [6.07, 6.45) is 11.4. The van der Waals surface area contributed by atoms with E-state index in [9.17, 15) is 4.79 Å². The molecule has 1 amide bonds. The number of hydrogen-bond acceptors (Lipinski definition) is 3. The van der Waals surface area contributed by atoms with Crippen LogP contribution in [0.2, 0.25) is 0 Å². The number of fused-ring (bicyclic) bond motifs is 1. The molecule has 0 radical (unpaired) electrons. The molecule has 5 aliphatic rings. The molecule has 4 heteroatoms. The zero-order chi connectivity index (χ0) is 19.4. The van der Waals surface area contributed by atoms with E-state index in [-0.39, 0.29) is 11.4 Å². The third-order valence-corrected chi connectivity index (χ3v) is 8.75. The summed E-state index contributed by atoms with van der Waals surface area (Å²) in [6.45, 7) is 0.528. The molecule has 1 N–H and O–H groups in total. The van der Waals surface area contributed by atoms with Gasteiger partial charge in [0.05, 0.1) is 4.88 Å². The third-order valence-electron chi connectivity index (χ3n) is 7.77. The number of carbonyl (C=O) groups excluding carboxylic acids is 1. The van der Waals surface area contributed by atoms with Crippen LogP contribution in [0.3, 0.4) is 0 Å². The minimum atomic E-state index is 0.0803. The molecule has 1 aromatic carbocycles. The summed E-state index contributed by atoms with van der Waals surface area (Å²) in [6, 6.07) is 8.50. The van der Waals surface area contributed by atoms with Crippen LogP contribution in [-0.4, -0.2) is 11.4 Å². The second kappa shape index (κ2) is 6.87. The van der Waals surface area contributed by atoms with Crippen molar-refractivity contribution in [3.63, 3.8) is 0 Å². The lowest BCUT2D eigenvalue weighted by molar-refractivity contribution is -0.0166. The first-order valence-electron chi connectivity index (χ1n) is 11.3. The van der Waals surface area contributed by atoms with Gasteiger partial charge in [-0.25, -0.2) is 0 Å². The van der Waals surface area contributed by atoms with Crippen LogP contribution in [0.5, 0.6) is 5.75 Å². The Balaban J connectivity index is 1.10. The van der Waals surface area contributed by atoms with Gasteiger partial charge in [0.15, 0.2) is 0 Å². The van der Waals surface area contributed by atoms with Crippen molar-refractivity contribution in [3.8, 4) is 5.75 Å². The smallest absolute Gasteiger partial charge is 0.261 e. The highest BCUT2D eigenvalue weighted by Crippen LogP contribution is 2.55. The number of nitrogens with one attached hydrogen (secondary N) is 1. The van der Waals surface area contributed by atoms with E-state index in [0.29, 0.717) is 6.61 Å². The molecular weight excluding hydrogens is 378 g/mol. The fraction of sp³-hybridized carbons (Fsp3) is 0.560. The number of ether oxygens (including phenoxy) is 1. The number of benzene rings is 1. The van der Waals surface area contributed by atoms with Crippen molar-refractivity contribution >= 4 is 17.2 Å². The van der Waals surface area contributed by atoms with Gasteiger partial charge in [0.1, 0.15) is 12.4 Å². The highest BCUT2D eigenvalue weighted by atomic mass is 32.1. The average Bonchev–Trinajstić information content (AvgIpc) is 3.34. The number of thiophene rings is 1. The van der Waals surface area contributed by atoms with Crippen molar-refractivity contribution in [2.24, 2.45) is 17.8 Å². The van der Waals surface area contributed by atoms with Gasteiger partial charge >= 0.3 is 0 Å². The Bertz CT molecular complexity index is 911. The predicted octanol–water partition coefficient (Wildman–Crippen LogP) is 5.51. The van der Waals surface area contributed by atoms with E-state index in [1.165, 1.54) is 68.9 Å². The molecular formula is C25H29NO2S. The molecule has 7 rings (SSSR count). The maximum Gasteiger partial charge on any atom is 0.261 e. The average molecular weight is 408 g/mol. The molecule has 4 bridgehead atoms. The fourth-order valence-corrected chi connectivity index (χ4v) is 7.73. The normalized spacial score (nSPS) is 31.7. The zero-order valence-corrected chi connectivity index (χ0v) is 17.7. The van der Waals surface area contributed by atoms with Crippen LogP contribution < -0.4 is 10.1 Å². The molecule has 2 aromatic rings. The summed E-state index contributed by atoms with van der Waals surface area (Å²) in [4.78, 5) is 13.8. The van der Waals surface area contributed by atoms with Gasteiger partial charge in [0.25, 0.3) is 5.91 Å². The number of rotatable bonds is 5. The molecule has 29 heavy (non-hydrogen) atoms. The highest BCUT2D eigenvalue weighted by Gasteiger charge is 2.51. The number of carbonyl (C=O) groups is 1. The Morgan fingerprint density at radius 1 is 1.03 bits per heavy atom. The van der Waals surface area contributed by atoms with Crippen LogP contribution in [0.4, 0.5) is 0 Å². The Morgan fingerprint density at radius 3 is 2.52 bits per heavy atom. The lowest BCUT2D eigenvalue weighted by Gasteiger charge is -2.56. The van der Waals surface area contributed by atoms with Crippen LogP contribution in [0.1, 0.15) is 71.3 Å². The number of hydrogen-bond donors (Lipinski definition) is 1. The Hall–Kier alpha value is -1.81. The largest absolute Gasteiger partial charge is 0.489 e. The molecule has 0 spiro atoms. The lowest BCUT2D eigenvalue weighted by Crippen LogP contribution is -2.59. The van der Waals surface area contributed by atoms with Gasteiger partial charge in [-0.15, -0.1) is 11.3 Å². The van der Waals surface area contributed by atoms with Crippen molar-refractivity contribution < 1.29 is 9.53 Å². The molecule has 4 fully saturated rings. The number of aryl methyl sites for hydroxylation is 2. The van der Waals surface area contributed by atoms with Crippen LogP contribution in [0.15, 0.2) is 29.6 Å². The molecule has 4 saturated carbocycles. The van der Waals surface area contributed by atoms with Crippen molar-refractivity contribution in [2.45, 2.75) is 69.9 Å². The van der Waals surface area contributed by atoms with E-state index < -0.39 is 0 Å². The summed E-state index contributed by atoms with van der Waals surface area (Å²) in [7, 11) is 0. The van der Waals surface area contributed by atoms with Gasteiger partial charge in [-0.05, 0) is 110 Å². The quantitative estimate of drug-likeness (QED) is 0.709. The van der Waals surface area contributed by atoms with Crippen molar-refractivity contribution in [3.05, 3.63) is 51.2 Å². The van der Waals surface area contributed by atoms with E-state index in [2.05, 4.69) is 28.9 Å². The third kappa shape index (κ3) is 3.39. The highest BCUT2D eigenvalue weighted by molar-refractivity contribution is 7.12. The SMILES string of the molecule is O=C(NC12CC3CC(CC(C3)C1)C2)c1cc(COc2ccc3c(c2)CCC3)cs1. The first-order valence-corrected chi connectivity index (χ1v) is 12.2. The standard InChI is InChI=1S/C25H29NO2S/c27-24(26-25-11-16-6-17(12-25)8-18(7-16)13-25)23-9-19(15-29-23)14-28-22-5-4-20-2-1-3-21(20)10-22/h4-5,9-10,15-18H,1-3,6-8,11-14H2,(H,26,27). The van der Waals surface area contributed by atoms with E-state index in [1.54, 1.807) is 11.3 Å². The first kappa shape index (κ1) is 18.0. The minimum Gasteiger partial charge on any atom is -0.489 e. The van der Waals surface area contributed by atoms with E-state index in [1.807, 2.05) is 6.07 Å². The molecule has 3 nitrogen and oxygen atoms in total. The van der Waals surface area contributed by atoms with E-state index in [0.717, 1.165) is 33.9 Å². The topological polar surface area (TPSA) is 38.3 Å². The van der Waals surface area contributed by atoms with Crippen molar-refractivity contribution in [1.29, 1.82) is 0 Å². The maximum absolute atomic E-state index is 13.0. The molecule has 0 unspecified atom stereocenters. The van der Waals surface area contributed by atoms with Crippen LogP contribution in [0, 0.1) is 17.8 Å². The van der Waals surface area contributed by atoms with E-state index >= 15 is 0 Å². The zero-order valence-electron chi connectivity index (χ0n) is 16.9. The van der Waals surface area contributed by atoms with E-state index in [4.69, 9.17) is 4.74 Å². The maximum atomic E-state index is 13.0. The molecule has 0 saturated heterocycles. The van der Waals surface area contributed by atoms with Crippen LogP contribution >= 0.6 is 11.3 Å². The van der Waals surface area contributed by atoms with Gasteiger partial charge in [-0.2, -0.15) is 0 Å². The van der Waals surface area contributed by atoms with Gasteiger partial charge in [-0.3, -0.25) is 4.79 Å². The predicted molar refractivity (Wildman–Crippen MR) is 115 cm³/mol. The molecule has 5 aliphatic carbocycles. The minimum absolute atomic E-state index is 0.0803. The summed E-state index contributed by atoms with van der Waals surface area (Å²) in [5.41, 5.74) is 4.07. The van der Waals surface area contributed by atoms with Gasteiger partial charge in [0.2, 0.25) is 0 Å². The van der Waals surface area contributed by atoms with Gasteiger partial charge in [0, 0.05) is 11.1 Å². The first-order chi connectivity index (χ1) is 14.1. The molecule has 1 aromatic heterocycles. The molecule has 0 atom stereocenters. The summed E-state index contributed by atoms with van der Waals surface area (Å²) >= 11 is 1.55. The van der Waals surface area contributed by atoms with Gasteiger partial charge < -0.3 is 10.1 Å². The van der Waals surface area contributed by atoms with Crippen LogP contribution in [-0.2, 0) is 19.4 Å². The summed E-state index contributed by atoms with van der Waals surface area (Å²) < 4.78 is 6.02. The fourth-order valence-electron chi connectivity index (χ4n) is 6.94. The van der Waals surface area contributed by atoms with Crippen molar-refractivity contribution in [2.75, 3.05) is 0 Å². The van der Waals surface area contributed by atoms with Gasteiger partial charge in [-0.1, -0.05) is 6.07 Å². The molecule has 152 valence electrons. The summed E-state index contributed by atoms with van der Waals surface area (Å²) in [5.74, 6) is 3.61. The second-order valence-electron chi connectivity index (χ2n) is 10.0. The number of amides is 1. The Morgan fingerprint density at radius 2 is 1.76 bits per heavy atom. The summed E-state index contributed by atoms with van der Waals surface area (Å²) in [5, 5.41) is 5.56. The Kier molecular flexibility index (Phi) is 4.26.